The molecular formula is C35H46N6O10S. The number of nitrogens with one attached hydrogen (secondary N) is 5. The summed E-state index contributed by atoms with van der Waals surface area (Å²) in [5.74, 6) is -6.18. The lowest BCUT2D eigenvalue weighted by atomic mass is 9.98. The lowest BCUT2D eigenvalue weighted by Gasteiger charge is -2.25. The molecule has 0 fully saturated rings. The van der Waals surface area contributed by atoms with Crippen LogP contribution in [0.1, 0.15) is 58.1 Å². The maximum Gasteiger partial charge on any atom is 0.407 e. The van der Waals surface area contributed by atoms with Gasteiger partial charge in [0.25, 0.3) is 0 Å². The maximum atomic E-state index is 13.4. The van der Waals surface area contributed by atoms with Crippen LogP contribution in [0.5, 0.6) is 0 Å². The standard InChI is InChI=1S/C35H46N6O10S/c1-18(30(46)39-25(14-28(43)44)32(48)37-19(2)31(47)40-26(15-42)29(36)45)38-33(49)27(17-52-35(3,4)5)41-34(50)51-16-24-22-12-8-6-10-20(22)21-11-7-9-13-23(21)24/h6-13,18-19,24-27,42H,14-17H2,1-5H3,(H2,36,45)(H,37,48)(H,38,49)(H,39,46)(H,40,47)(H,41,50)(H,43,44)/t18-,19-,25-,26-,27-/m0/s1. The van der Waals surface area contributed by atoms with Gasteiger partial charge in [0.2, 0.25) is 29.5 Å². The van der Waals surface area contributed by atoms with Crippen molar-refractivity contribution in [1.29, 1.82) is 0 Å². The van der Waals surface area contributed by atoms with Crippen LogP contribution in [-0.2, 0) is 33.5 Å². The zero-order chi connectivity index (χ0) is 38.7. The lowest BCUT2D eigenvalue weighted by molar-refractivity contribution is -0.141. The highest BCUT2D eigenvalue weighted by Crippen LogP contribution is 2.44. The summed E-state index contributed by atoms with van der Waals surface area (Å²) in [6, 6.07) is 8.82. The Morgan fingerprint density at radius 1 is 0.750 bits per heavy atom. The minimum absolute atomic E-state index is 0.0138. The Hall–Kier alpha value is -5.16. The van der Waals surface area contributed by atoms with E-state index in [0.29, 0.717) is 0 Å². The molecule has 0 aliphatic heterocycles. The number of nitrogens with two attached hydrogens (primary N) is 1. The van der Waals surface area contributed by atoms with Crippen LogP contribution in [-0.4, -0.2) is 106 Å². The zero-order valence-corrected chi connectivity index (χ0v) is 30.4. The number of carbonyl (C=O) groups excluding carboxylic acids is 6. The number of thioether (sulfide) groups is 1. The van der Waals surface area contributed by atoms with Gasteiger partial charge in [-0.1, -0.05) is 69.3 Å². The molecule has 16 nitrogen and oxygen atoms in total. The Morgan fingerprint density at radius 3 is 1.69 bits per heavy atom. The van der Waals surface area contributed by atoms with E-state index in [4.69, 9.17) is 10.5 Å². The Labute approximate surface area is 305 Å². The molecular weight excluding hydrogens is 696 g/mol. The van der Waals surface area contributed by atoms with Gasteiger partial charge in [0.1, 0.15) is 36.8 Å². The SMILES string of the molecule is C[C@H](NC(=O)[C@H](CSC(C)(C)C)NC(=O)OCC1c2ccccc2-c2ccccc21)C(=O)N[C@@H](CC(=O)O)C(=O)N[C@@H](C)C(=O)N[C@@H](CO)C(N)=O. The third-order valence-corrected chi connectivity index (χ3v) is 9.36. The molecule has 0 saturated carbocycles. The molecule has 3 rings (SSSR count). The molecule has 0 saturated heterocycles. The van der Waals surface area contributed by atoms with Crippen LogP contribution in [0, 0.1) is 0 Å². The Kier molecular flexibility index (Phi) is 14.6. The predicted octanol–water partition coefficient (Wildman–Crippen LogP) is 0.357. The summed E-state index contributed by atoms with van der Waals surface area (Å²) in [6.07, 6.45) is -1.72. The number of ether oxygens (including phenoxy) is 1. The van der Waals surface area contributed by atoms with Gasteiger partial charge in [-0.3, -0.25) is 28.8 Å². The Bertz CT molecular complexity index is 1620. The number of rotatable bonds is 17. The first kappa shape index (κ1) is 41.3. The molecule has 1 aliphatic rings. The molecule has 9 N–H and O–H groups in total. The monoisotopic (exact) mass is 742 g/mol. The molecule has 0 heterocycles. The second-order valence-corrected chi connectivity index (χ2v) is 15.1. The molecule has 0 aromatic heterocycles. The van der Waals surface area contributed by atoms with Crippen LogP contribution in [0.25, 0.3) is 11.1 Å². The number of carboxylic acid groups (broad SMARTS) is 1. The van der Waals surface area contributed by atoms with Crippen molar-refractivity contribution in [3.63, 3.8) is 0 Å². The summed E-state index contributed by atoms with van der Waals surface area (Å²) < 4.78 is 5.33. The van der Waals surface area contributed by atoms with E-state index in [2.05, 4.69) is 26.6 Å². The molecule has 0 unspecified atom stereocenters. The van der Waals surface area contributed by atoms with E-state index in [0.717, 1.165) is 22.3 Å². The van der Waals surface area contributed by atoms with Crippen molar-refractivity contribution in [3.05, 3.63) is 59.7 Å². The molecule has 17 heteroatoms. The van der Waals surface area contributed by atoms with Gasteiger partial charge >= 0.3 is 12.1 Å². The molecule has 282 valence electrons. The number of hydrogen-bond acceptors (Lipinski definition) is 10. The molecule has 0 spiro atoms. The number of carbonyl (C=O) groups is 7. The number of aliphatic hydroxyl groups is 1. The highest BCUT2D eigenvalue weighted by atomic mass is 32.2. The first-order chi connectivity index (χ1) is 24.4. The smallest absolute Gasteiger partial charge is 0.407 e. The van der Waals surface area contributed by atoms with E-state index in [1.807, 2.05) is 69.3 Å². The zero-order valence-electron chi connectivity index (χ0n) is 29.6. The fourth-order valence-corrected chi connectivity index (χ4v) is 6.14. The van der Waals surface area contributed by atoms with E-state index >= 15 is 0 Å². The van der Waals surface area contributed by atoms with E-state index in [1.165, 1.54) is 25.6 Å². The third-order valence-electron chi connectivity index (χ3n) is 7.99. The van der Waals surface area contributed by atoms with Gasteiger partial charge in [-0.05, 0) is 36.1 Å². The predicted molar refractivity (Wildman–Crippen MR) is 192 cm³/mol. The number of benzene rings is 2. The summed E-state index contributed by atoms with van der Waals surface area (Å²) in [5.41, 5.74) is 9.22. The number of carboxylic acids is 1. The van der Waals surface area contributed by atoms with Crippen molar-refractivity contribution >= 4 is 53.4 Å². The number of hydrogen-bond donors (Lipinski definition) is 8. The van der Waals surface area contributed by atoms with Crippen molar-refractivity contribution in [2.45, 2.75) is 81.9 Å². The largest absolute Gasteiger partial charge is 0.481 e. The molecule has 52 heavy (non-hydrogen) atoms. The maximum absolute atomic E-state index is 13.4. The third kappa shape index (κ3) is 11.7. The van der Waals surface area contributed by atoms with Gasteiger partial charge in [-0.15, -0.1) is 0 Å². The quantitative estimate of drug-likeness (QED) is 0.110. The fourth-order valence-electron chi connectivity index (χ4n) is 5.24. The average Bonchev–Trinajstić information content (AvgIpc) is 3.40. The Morgan fingerprint density at radius 2 is 1.23 bits per heavy atom. The van der Waals surface area contributed by atoms with Crippen molar-refractivity contribution in [1.82, 2.24) is 26.6 Å². The molecule has 1 aliphatic carbocycles. The molecule has 6 amide bonds. The van der Waals surface area contributed by atoms with Gasteiger partial charge in [0.05, 0.1) is 13.0 Å². The number of aliphatic hydroxyl groups excluding tert-OH is 1. The Balaban J connectivity index is 1.64. The summed E-state index contributed by atoms with van der Waals surface area (Å²) in [6.45, 7) is 7.54. The van der Waals surface area contributed by atoms with Crippen molar-refractivity contribution in [2.75, 3.05) is 19.0 Å². The normalized spacial score (nSPS) is 15.0. The molecule has 0 radical (unpaired) electrons. The van der Waals surface area contributed by atoms with Crippen LogP contribution in [0.2, 0.25) is 0 Å². The fraction of sp³-hybridized carbons (Fsp3) is 0.457. The number of amides is 6. The molecule has 2 aromatic carbocycles. The molecule has 5 atom stereocenters. The van der Waals surface area contributed by atoms with E-state index in [-0.39, 0.29) is 23.0 Å². The van der Waals surface area contributed by atoms with Gasteiger partial charge in [-0.25, -0.2) is 4.79 Å². The van der Waals surface area contributed by atoms with Crippen LogP contribution in [0.4, 0.5) is 4.79 Å². The van der Waals surface area contributed by atoms with Crippen LogP contribution < -0.4 is 32.3 Å². The molecule has 0 bridgehead atoms. The van der Waals surface area contributed by atoms with Crippen LogP contribution >= 0.6 is 11.8 Å². The van der Waals surface area contributed by atoms with Crippen molar-refractivity contribution < 1.29 is 48.5 Å². The van der Waals surface area contributed by atoms with E-state index in [9.17, 15) is 43.8 Å². The minimum atomic E-state index is -1.67. The van der Waals surface area contributed by atoms with Crippen LogP contribution in [0.15, 0.2) is 48.5 Å². The number of aliphatic carboxylic acids is 1. The summed E-state index contributed by atoms with van der Waals surface area (Å²) in [5, 5.41) is 30.3. The summed E-state index contributed by atoms with van der Waals surface area (Å²) in [4.78, 5) is 87.7. The average molecular weight is 743 g/mol. The van der Waals surface area contributed by atoms with Gasteiger partial charge in [-0.2, -0.15) is 11.8 Å². The first-order valence-electron chi connectivity index (χ1n) is 16.5. The minimum Gasteiger partial charge on any atom is -0.481 e. The van der Waals surface area contributed by atoms with E-state index < -0.39 is 84.8 Å². The number of alkyl carbamates (subject to hydrolysis) is 1. The van der Waals surface area contributed by atoms with Crippen molar-refractivity contribution in [2.24, 2.45) is 5.73 Å². The second-order valence-electron chi connectivity index (χ2n) is 13.2. The number of primary amides is 1. The topological polar surface area (TPSA) is 255 Å². The lowest BCUT2D eigenvalue weighted by Crippen LogP contribution is -2.58. The highest BCUT2D eigenvalue weighted by molar-refractivity contribution is 8.00. The van der Waals surface area contributed by atoms with Gasteiger partial charge in [0, 0.05) is 16.4 Å². The van der Waals surface area contributed by atoms with E-state index in [1.54, 1.807) is 0 Å². The van der Waals surface area contributed by atoms with Crippen LogP contribution in [0.3, 0.4) is 0 Å². The van der Waals surface area contributed by atoms with Gasteiger partial charge in [0.15, 0.2) is 0 Å². The summed E-state index contributed by atoms with van der Waals surface area (Å²) >= 11 is 1.39. The van der Waals surface area contributed by atoms with Crippen molar-refractivity contribution in [3.8, 4) is 11.1 Å². The summed E-state index contributed by atoms with van der Waals surface area (Å²) in [7, 11) is 0. The molecule has 2 aromatic rings. The highest BCUT2D eigenvalue weighted by Gasteiger charge is 2.33. The van der Waals surface area contributed by atoms with Gasteiger partial charge < -0.3 is 47.3 Å². The number of fused-ring (bicyclic) bond motifs is 3. The second kappa shape index (κ2) is 18.4. The first-order valence-corrected chi connectivity index (χ1v) is 17.5.